The third-order valence-electron chi connectivity index (χ3n) is 2.42. The second kappa shape index (κ2) is 11.2. The van der Waals surface area contributed by atoms with Crippen LogP contribution in [0.5, 0.6) is 0 Å². The molecule has 0 radical (unpaired) electrons. The zero-order valence-electron chi connectivity index (χ0n) is 14.4. The van der Waals surface area contributed by atoms with Crippen molar-refractivity contribution in [2.75, 3.05) is 0 Å². The second-order valence-electron chi connectivity index (χ2n) is 3.90. The Morgan fingerprint density at radius 3 is 2.52 bits per heavy atom. The summed E-state index contributed by atoms with van der Waals surface area (Å²) >= 11 is 3.51. The molecule has 0 aliphatic heterocycles. The molecule has 0 aromatic carbocycles. The van der Waals surface area contributed by atoms with E-state index < -0.39 is 29.7 Å². The molecule has 2 rings (SSSR count). The van der Waals surface area contributed by atoms with Gasteiger partial charge < -0.3 is 18.2 Å². The summed E-state index contributed by atoms with van der Waals surface area (Å²) in [5.41, 5.74) is -1.40. The normalized spacial score (nSPS) is 12.6. The van der Waals surface area contributed by atoms with Gasteiger partial charge in [0.1, 0.15) is 11.4 Å². The smallest absolute Gasteiger partial charge is 1.00 e. The van der Waals surface area contributed by atoms with Crippen molar-refractivity contribution >= 4 is 46.4 Å². The van der Waals surface area contributed by atoms with Crippen LogP contribution in [-0.2, 0) is 9.59 Å². The summed E-state index contributed by atoms with van der Waals surface area (Å²) in [5, 5.41) is 37.9. The molecule has 2 aromatic rings. The van der Waals surface area contributed by atoms with Crippen molar-refractivity contribution in [2.24, 2.45) is 5.92 Å². The van der Waals surface area contributed by atoms with Gasteiger partial charge in [-0.2, -0.15) is 0 Å². The van der Waals surface area contributed by atoms with Crippen LogP contribution in [0.15, 0.2) is 21.9 Å². The number of aromatic nitrogens is 2. The molecule has 23 heavy (non-hydrogen) atoms. The van der Waals surface area contributed by atoms with Gasteiger partial charge in [0.15, 0.2) is 9.35 Å². The molecule has 7 nitrogen and oxygen atoms in total. The van der Waals surface area contributed by atoms with E-state index in [0.29, 0.717) is 9.35 Å². The van der Waals surface area contributed by atoms with Crippen LogP contribution in [0.2, 0.25) is 0 Å². The molecule has 0 saturated heterocycles. The Hall–Kier alpha value is 0.510. The van der Waals surface area contributed by atoms with Crippen molar-refractivity contribution in [1.82, 2.24) is 10.2 Å². The zero-order chi connectivity index (χ0) is 15.4. The van der Waals surface area contributed by atoms with Crippen molar-refractivity contribution in [3.8, 4) is 9.88 Å². The number of aliphatic hydroxyl groups is 1. The minimum absolute atomic E-state index is 0. The quantitative estimate of drug-likeness (QED) is 0.248. The maximum absolute atomic E-state index is 11.0. The standard InChI is InChI=1S/C11H10N2O5S3.2Na.2H/c14-7(15)4-5(9(16)17)10(18)21-11-13-12-8(20-11)6-2-1-3-19-6;;;;/h1-3,5,10,18H,4H2,(H,14,15)(H,16,17);;;;/q;2*+1;2*-1. The van der Waals surface area contributed by atoms with Crippen LogP contribution in [0.25, 0.3) is 9.88 Å². The first-order chi connectivity index (χ1) is 9.97. The van der Waals surface area contributed by atoms with E-state index in [1.54, 1.807) is 0 Å². The molecule has 0 aliphatic carbocycles. The Morgan fingerprint density at radius 1 is 1.30 bits per heavy atom. The van der Waals surface area contributed by atoms with Crippen molar-refractivity contribution in [3.05, 3.63) is 17.5 Å². The molecule has 0 bridgehead atoms. The molecule has 2 atom stereocenters. The predicted molar refractivity (Wildman–Crippen MR) is 80.7 cm³/mol. The largest absolute Gasteiger partial charge is 1.00 e. The first-order valence-electron chi connectivity index (χ1n) is 5.64. The fourth-order valence-electron chi connectivity index (χ4n) is 1.44. The summed E-state index contributed by atoms with van der Waals surface area (Å²) in [7, 11) is 0. The molecule has 0 fully saturated rings. The van der Waals surface area contributed by atoms with Gasteiger partial charge in [-0.15, -0.1) is 21.5 Å². The molecule has 0 saturated carbocycles. The number of nitrogens with zero attached hydrogens (tertiary/aromatic N) is 2. The van der Waals surface area contributed by atoms with Gasteiger partial charge >= 0.3 is 71.1 Å². The molecular formula is C11H12N2Na2O5S3. The average Bonchev–Trinajstić information content (AvgIpc) is 3.05. The number of hydrogen-bond acceptors (Lipinski definition) is 8. The van der Waals surface area contributed by atoms with E-state index >= 15 is 0 Å². The van der Waals surface area contributed by atoms with Crippen molar-refractivity contribution < 1.29 is 86.9 Å². The Kier molecular flexibility index (Phi) is 11.4. The van der Waals surface area contributed by atoms with Gasteiger partial charge in [0.2, 0.25) is 0 Å². The molecule has 0 amide bonds. The van der Waals surface area contributed by atoms with Crippen molar-refractivity contribution in [2.45, 2.75) is 16.2 Å². The van der Waals surface area contributed by atoms with E-state index in [4.69, 9.17) is 10.2 Å². The number of hydrogen-bond donors (Lipinski definition) is 3. The van der Waals surface area contributed by atoms with E-state index in [2.05, 4.69) is 10.2 Å². The van der Waals surface area contributed by atoms with Gasteiger partial charge in [-0.05, 0) is 11.4 Å². The molecule has 12 heteroatoms. The second-order valence-corrected chi connectivity index (χ2v) is 7.19. The maximum Gasteiger partial charge on any atom is 1.00 e. The van der Waals surface area contributed by atoms with Crippen LogP contribution in [-0.4, -0.2) is 42.9 Å². The molecule has 0 spiro atoms. The number of aliphatic carboxylic acids is 2. The molecule has 2 aromatic heterocycles. The number of rotatable bonds is 7. The summed E-state index contributed by atoms with van der Waals surface area (Å²) in [4.78, 5) is 22.5. The van der Waals surface area contributed by atoms with Crippen LogP contribution in [0.3, 0.4) is 0 Å². The Labute approximate surface area is 191 Å². The SMILES string of the molecule is O=C(O)CC(C(=O)O)C(O)Sc1nnc(-c2cccs2)s1.[H-].[H-].[Na+].[Na+]. The molecular weight excluding hydrogens is 382 g/mol. The molecule has 3 N–H and O–H groups in total. The van der Waals surface area contributed by atoms with Crippen LogP contribution < -0.4 is 59.1 Å². The van der Waals surface area contributed by atoms with Crippen LogP contribution >= 0.6 is 34.4 Å². The molecule has 116 valence electrons. The Bertz CT molecular complexity index is 647. The number of aliphatic hydroxyl groups excluding tert-OH is 1. The van der Waals surface area contributed by atoms with Gasteiger partial charge in [0, 0.05) is 0 Å². The maximum atomic E-state index is 11.0. The van der Waals surface area contributed by atoms with Crippen LogP contribution in [0.1, 0.15) is 9.27 Å². The minimum Gasteiger partial charge on any atom is -1.00 e. The fraction of sp³-hybridized carbons (Fsp3) is 0.273. The number of thiophene rings is 1. The van der Waals surface area contributed by atoms with Crippen LogP contribution in [0, 0.1) is 5.92 Å². The van der Waals surface area contributed by atoms with Gasteiger partial charge in [-0.25, -0.2) is 0 Å². The topological polar surface area (TPSA) is 121 Å². The van der Waals surface area contributed by atoms with Gasteiger partial charge in [-0.1, -0.05) is 29.2 Å². The first-order valence-corrected chi connectivity index (χ1v) is 8.21. The van der Waals surface area contributed by atoms with Gasteiger partial charge in [0.05, 0.1) is 11.3 Å². The molecule has 2 heterocycles. The van der Waals surface area contributed by atoms with Crippen molar-refractivity contribution in [3.63, 3.8) is 0 Å². The Morgan fingerprint density at radius 2 is 2.00 bits per heavy atom. The first kappa shape index (κ1) is 23.5. The van der Waals surface area contributed by atoms with E-state index in [0.717, 1.165) is 16.6 Å². The molecule has 2 unspecified atom stereocenters. The Balaban J connectivity index is -0.00000121. The third-order valence-corrected chi connectivity index (χ3v) is 5.56. The number of carbonyl (C=O) groups is 2. The number of carboxylic acid groups (broad SMARTS) is 2. The van der Waals surface area contributed by atoms with Gasteiger partial charge in [0.25, 0.3) is 0 Å². The summed E-state index contributed by atoms with van der Waals surface area (Å²) in [5.74, 6) is -4.04. The zero-order valence-corrected chi connectivity index (χ0v) is 18.8. The average molecular weight is 394 g/mol. The van der Waals surface area contributed by atoms with Crippen molar-refractivity contribution in [1.29, 1.82) is 0 Å². The van der Waals surface area contributed by atoms with E-state index in [9.17, 15) is 14.7 Å². The van der Waals surface area contributed by atoms with E-state index in [1.165, 1.54) is 22.7 Å². The summed E-state index contributed by atoms with van der Waals surface area (Å²) in [6.07, 6.45) is -0.653. The summed E-state index contributed by atoms with van der Waals surface area (Å²) in [6.45, 7) is 0. The minimum atomic E-state index is -1.40. The third kappa shape index (κ3) is 7.10. The fourth-order valence-corrected chi connectivity index (χ4v) is 4.21. The molecule has 0 aliphatic rings. The number of thioether (sulfide) groups is 1. The summed E-state index contributed by atoms with van der Waals surface area (Å²) < 4.78 is 0.391. The van der Waals surface area contributed by atoms with Gasteiger partial charge in [-0.3, -0.25) is 9.59 Å². The number of carboxylic acids is 2. The van der Waals surface area contributed by atoms with E-state index in [-0.39, 0.29) is 62.0 Å². The monoisotopic (exact) mass is 394 g/mol. The van der Waals surface area contributed by atoms with E-state index in [1.807, 2.05) is 17.5 Å². The van der Waals surface area contributed by atoms with Crippen LogP contribution in [0.4, 0.5) is 0 Å². The summed E-state index contributed by atoms with van der Waals surface area (Å²) in [6, 6.07) is 3.75. The predicted octanol–water partition coefficient (Wildman–Crippen LogP) is -3.91.